The molecule has 27 heavy (non-hydrogen) atoms. The van der Waals surface area contributed by atoms with Crippen LogP contribution >= 0.6 is 47.0 Å². The summed E-state index contributed by atoms with van der Waals surface area (Å²) in [5.74, 6) is 10.1. The maximum absolute atomic E-state index is 5.44. The van der Waals surface area contributed by atoms with Crippen LogP contribution in [0.3, 0.4) is 0 Å². The molecule has 9 heteroatoms. The molecule has 4 aliphatic rings. The number of hydrogen-bond acceptors (Lipinski definition) is 8. The zero-order valence-corrected chi connectivity index (χ0v) is 21.3. The molecule has 0 N–H and O–H groups in total. The van der Waals surface area contributed by atoms with Gasteiger partial charge in [-0.2, -0.15) is 0 Å². The van der Waals surface area contributed by atoms with Crippen molar-refractivity contribution in [2.75, 3.05) is 72.5 Å². The van der Waals surface area contributed by atoms with Crippen LogP contribution < -0.4 is 0 Å². The van der Waals surface area contributed by atoms with Crippen LogP contribution in [0.4, 0.5) is 0 Å². The fraction of sp³-hybridized carbons (Fsp3) is 1.00. The summed E-state index contributed by atoms with van der Waals surface area (Å²) in [6.45, 7) is 3.95. The summed E-state index contributed by atoms with van der Waals surface area (Å²) in [7, 11) is 0. The number of rotatable bonds is 18. The molecule has 4 saturated heterocycles. The van der Waals surface area contributed by atoms with Gasteiger partial charge in [-0.25, -0.2) is 0 Å². The van der Waals surface area contributed by atoms with Crippen LogP contribution in [-0.4, -0.2) is 118 Å². The molecule has 4 fully saturated rings. The molecule has 4 rings (SSSR count). The molecule has 0 saturated carbocycles. The third kappa shape index (κ3) is 9.80. The maximum atomic E-state index is 5.44. The van der Waals surface area contributed by atoms with Crippen LogP contribution in [0.1, 0.15) is 0 Å². The average molecular weight is 566 g/mol. The van der Waals surface area contributed by atoms with Crippen molar-refractivity contribution in [3.05, 3.63) is 0 Å². The van der Waals surface area contributed by atoms with E-state index in [9.17, 15) is 0 Å². The summed E-state index contributed by atoms with van der Waals surface area (Å²) in [5.41, 5.74) is 0. The quantitative estimate of drug-likeness (QED) is 0.143. The van der Waals surface area contributed by atoms with Crippen molar-refractivity contribution < 1.29 is 18.9 Å². The van der Waals surface area contributed by atoms with Crippen LogP contribution in [0.2, 0.25) is 7.93 Å². The Hall–Kier alpha value is 2.03. The minimum atomic E-state index is -0.0326. The Kier molecular flexibility index (Phi) is 9.55. The molecule has 0 radical (unpaired) electrons. The summed E-state index contributed by atoms with van der Waals surface area (Å²) in [4.78, 5) is 0. The zero-order chi connectivity index (χ0) is 18.4. The van der Waals surface area contributed by atoms with Gasteiger partial charge in [-0.3, -0.25) is 0 Å². The van der Waals surface area contributed by atoms with Gasteiger partial charge in [0.2, 0.25) is 0 Å². The van der Waals surface area contributed by atoms with E-state index in [4.69, 9.17) is 18.9 Å². The van der Waals surface area contributed by atoms with E-state index in [2.05, 4.69) is 47.0 Å². The van der Waals surface area contributed by atoms with Gasteiger partial charge in [0.15, 0.2) is 0 Å². The molecule has 0 aromatic carbocycles. The Morgan fingerprint density at radius 2 is 1.00 bits per heavy atom. The van der Waals surface area contributed by atoms with E-state index in [0.29, 0.717) is 27.9 Å². The second kappa shape index (κ2) is 11.6. The third-order valence-corrected chi connectivity index (χ3v) is 16.4. The van der Waals surface area contributed by atoms with Gasteiger partial charge in [-0.15, -0.1) is 0 Å². The Labute approximate surface area is 190 Å². The van der Waals surface area contributed by atoms with E-state index in [0.717, 1.165) is 26.4 Å². The van der Waals surface area contributed by atoms with Crippen molar-refractivity contribution in [1.82, 2.24) is 0 Å². The fourth-order valence-electron chi connectivity index (χ4n) is 2.57. The van der Waals surface area contributed by atoms with Crippen LogP contribution in [0.25, 0.3) is 0 Å². The Balaban J connectivity index is 1.23. The molecule has 0 aromatic rings. The van der Waals surface area contributed by atoms with E-state index >= 15 is 0 Å². The second-order valence-electron chi connectivity index (χ2n) is 7.47. The predicted molar refractivity (Wildman–Crippen MR) is 122 cm³/mol. The van der Waals surface area contributed by atoms with Crippen molar-refractivity contribution in [3.8, 4) is 0 Å². The standard InChI is InChI=1S/C18H30O4S4Te/c1(23-7-14-3-19-14)2-27-18(11-24-8-15-4-20-15,12-25-9-16-5-21-16)13-26-10-17-6-22-17/h14-17H,1-13H2. The first kappa shape index (κ1) is 22.2. The zero-order valence-electron chi connectivity index (χ0n) is 15.7. The number of ether oxygens (including phenoxy) is 4. The van der Waals surface area contributed by atoms with Gasteiger partial charge in [0.1, 0.15) is 0 Å². The molecule has 0 aromatic heterocycles. The van der Waals surface area contributed by atoms with Gasteiger partial charge in [0, 0.05) is 0 Å². The summed E-state index contributed by atoms with van der Waals surface area (Å²) >= 11 is 8.53. The number of epoxide rings is 4. The summed E-state index contributed by atoms with van der Waals surface area (Å²) in [5, 5.41) is 0. The van der Waals surface area contributed by atoms with E-state index in [-0.39, 0.29) is 20.9 Å². The average Bonchev–Trinajstić information content (AvgIpc) is 3.48. The van der Waals surface area contributed by atoms with E-state index in [1.807, 2.05) is 0 Å². The van der Waals surface area contributed by atoms with Crippen molar-refractivity contribution >= 4 is 68.0 Å². The molecule has 4 heterocycles. The van der Waals surface area contributed by atoms with Crippen LogP contribution in [-0.2, 0) is 18.9 Å². The summed E-state index contributed by atoms with van der Waals surface area (Å²) in [6.07, 6.45) is 2.20. The third-order valence-electron chi connectivity index (χ3n) is 4.56. The van der Waals surface area contributed by atoms with Crippen molar-refractivity contribution in [1.29, 1.82) is 0 Å². The molecule has 4 aliphatic heterocycles. The molecule has 0 amide bonds. The van der Waals surface area contributed by atoms with Gasteiger partial charge < -0.3 is 0 Å². The molecule has 0 bridgehead atoms. The van der Waals surface area contributed by atoms with Crippen molar-refractivity contribution in [2.45, 2.75) is 32.3 Å². The molecule has 4 nitrogen and oxygen atoms in total. The van der Waals surface area contributed by atoms with Crippen molar-refractivity contribution in [3.63, 3.8) is 0 Å². The molecular weight excluding hydrogens is 536 g/mol. The van der Waals surface area contributed by atoms with Gasteiger partial charge in [0.25, 0.3) is 0 Å². The first-order valence-electron chi connectivity index (χ1n) is 9.73. The van der Waals surface area contributed by atoms with Crippen LogP contribution in [0.15, 0.2) is 0 Å². The summed E-state index contributed by atoms with van der Waals surface area (Å²) < 4.78 is 23.7. The van der Waals surface area contributed by atoms with Crippen LogP contribution in [0, 0.1) is 0 Å². The Bertz CT molecular complexity index is 400. The van der Waals surface area contributed by atoms with Gasteiger partial charge >= 0.3 is 192 Å². The second-order valence-corrected chi connectivity index (χ2v) is 16.2. The molecule has 0 aliphatic carbocycles. The minimum absolute atomic E-state index is 0.0326. The molecule has 4 atom stereocenters. The summed E-state index contributed by atoms with van der Waals surface area (Å²) in [6, 6.07) is 0. The van der Waals surface area contributed by atoms with E-state index in [1.54, 1.807) is 0 Å². The van der Waals surface area contributed by atoms with E-state index < -0.39 is 0 Å². The fourth-order valence-corrected chi connectivity index (χ4v) is 14.7. The van der Waals surface area contributed by atoms with E-state index in [1.165, 1.54) is 50.5 Å². The SMILES string of the molecule is C(C[Te]C(CSCC1CO1)(CSCC1CO1)CSCC1CO1)SCC1CO1. The number of thioether (sulfide) groups is 4. The molecule has 0 spiro atoms. The Morgan fingerprint density at radius 1 is 0.630 bits per heavy atom. The normalized spacial score (nSPS) is 32.9. The van der Waals surface area contributed by atoms with Crippen molar-refractivity contribution in [2.24, 2.45) is 0 Å². The molecular formula is C18H30O4S4Te. The van der Waals surface area contributed by atoms with Gasteiger partial charge in [-0.05, 0) is 0 Å². The predicted octanol–water partition coefficient (Wildman–Crippen LogP) is 2.80. The number of hydrogen-bond donors (Lipinski definition) is 0. The van der Waals surface area contributed by atoms with Crippen LogP contribution in [0.5, 0.6) is 0 Å². The molecule has 4 unspecified atom stereocenters. The van der Waals surface area contributed by atoms with Gasteiger partial charge in [0.05, 0.1) is 0 Å². The van der Waals surface area contributed by atoms with Gasteiger partial charge in [-0.1, -0.05) is 0 Å². The monoisotopic (exact) mass is 568 g/mol. The Morgan fingerprint density at radius 3 is 1.37 bits per heavy atom. The first-order chi connectivity index (χ1) is 13.3. The first-order valence-corrected chi connectivity index (χ1v) is 17.2. The molecule has 156 valence electrons. The topological polar surface area (TPSA) is 50.1 Å².